The summed E-state index contributed by atoms with van der Waals surface area (Å²) in [7, 11) is 0. The number of hydrogen-bond donors (Lipinski definition) is 3. The number of piperidine rings is 1. The second kappa shape index (κ2) is 7.96. The van der Waals surface area contributed by atoms with Crippen molar-refractivity contribution in [3.05, 3.63) is 46.7 Å². The summed E-state index contributed by atoms with van der Waals surface area (Å²) in [5.41, 5.74) is 12.7. The normalized spacial score (nSPS) is 18.6. The molecular weight excluding hydrogens is 390 g/mol. The van der Waals surface area contributed by atoms with Gasteiger partial charge in [0.1, 0.15) is 5.84 Å². The summed E-state index contributed by atoms with van der Waals surface area (Å²) < 4.78 is 0. The van der Waals surface area contributed by atoms with Gasteiger partial charge < -0.3 is 16.8 Å². The number of nitrogens with two attached hydrogens (primary N) is 2. The summed E-state index contributed by atoms with van der Waals surface area (Å²) >= 11 is 5.87. The fourth-order valence-corrected chi connectivity index (χ4v) is 4.10. The first-order valence-corrected chi connectivity index (χ1v) is 10.0. The Morgan fingerprint density at radius 2 is 1.86 bits per heavy atom. The second-order valence-corrected chi connectivity index (χ2v) is 8.15. The van der Waals surface area contributed by atoms with Gasteiger partial charge in [0, 0.05) is 19.5 Å². The number of likely N-dealkylation sites (tertiary alicyclic amines) is 1. The van der Waals surface area contributed by atoms with Crippen LogP contribution in [-0.2, 0) is 6.54 Å². The van der Waals surface area contributed by atoms with Gasteiger partial charge in [-0.05, 0) is 36.9 Å². The van der Waals surface area contributed by atoms with Crippen LogP contribution in [0.1, 0.15) is 35.3 Å². The van der Waals surface area contributed by atoms with Crippen LogP contribution in [0, 0.1) is 5.41 Å². The summed E-state index contributed by atoms with van der Waals surface area (Å²) in [4.78, 5) is 27.4. The van der Waals surface area contributed by atoms with Gasteiger partial charge in [0.25, 0.3) is 5.91 Å². The maximum absolute atomic E-state index is 12.5. The van der Waals surface area contributed by atoms with Gasteiger partial charge in [-0.1, -0.05) is 41.9 Å². The number of nitrogens with one attached hydrogen (secondary N) is 1. The number of aromatic nitrogens is 2. The number of hydrogen-bond acceptors (Lipinski definition) is 7. The third-order valence-corrected chi connectivity index (χ3v) is 5.97. The average molecular weight is 414 g/mol. The van der Waals surface area contributed by atoms with Crippen LogP contribution in [-0.4, -0.2) is 46.2 Å². The Morgan fingerprint density at radius 1 is 1.14 bits per heavy atom. The number of nitrogens with zero attached hydrogens (tertiary/aromatic N) is 4. The average Bonchev–Trinajstić information content (AvgIpc) is 3.09. The molecule has 0 bridgehead atoms. The van der Waals surface area contributed by atoms with Crippen LogP contribution in [0.2, 0.25) is 5.15 Å². The van der Waals surface area contributed by atoms with Gasteiger partial charge in [0.05, 0.1) is 0 Å². The number of carbonyl (C=O) groups is 1. The highest BCUT2D eigenvalue weighted by Crippen LogP contribution is 2.39. The minimum absolute atomic E-state index is 0.000129. The summed E-state index contributed by atoms with van der Waals surface area (Å²) in [6.45, 7) is 3.75. The highest BCUT2D eigenvalue weighted by Gasteiger charge is 2.39. The molecule has 152 valence electrons. The third kappa shape index (κ3) is 4.33. The van der Waals surface area contributed by atoms with E-state index < -0.39 is 5.91 Å². The van der Waals surface area contributed by atoms with Crippen molar-refractivity contribution in [2.45, 2.75) is 25.8 Å². The van der Waals surface area contributed by atoms with Gasteiger partial charge in [-0.25, -0.2) is 9.97 Å². The van der Waals surface area contributed by atoms with E-state index in [1.807, 2.05) is 6.07 Å². The number of amides is 1. The van der Waals surface area contributed by atoms with Gasteiger partial charge in [0.15, 0.2) is 22.5 Å². The number of halogens is 1. The first-order chi connectivity index (χ1) is 13.9. The zero-order valence-corrected chi connectivity index (χ0v) is 16.8. The lowest BCUT2D eigenvalue weighted by atomic mass is 9.77. The molecule has 2 aromatic rings. The van der Waals surface area contributed by atoms with Crippen molar-refractivity contribution in [1.29, 1.82) is 0 Å². The van der Waals surface area contributed by atoms with Crippen molar-refractivity contribution in [1.82, 2.24) is 20.2 Å². The molecule has 1 spiro atoms. The highest BCUT2D eigenvalue weighted by molar-refractivity contribution is 6.31. The number of aliphatic imine (C=N–C) groups is 1. The van der Waals surface area contributed by atoms with Crippen LogP contribution in [0.3, 0.4) is 0 Å². The molecule has 1 fully saturated rings. The molecule has 2 aliphatic heterocycles. The van der Waals surface area contributed by atoms with Crippen molar-refractivity contribution >= 4 is 35.0 Å². The molecule has 1 saturated heterocycles. The number of amidine groups is 1. The Labute approximate surface area is 174 Å². The van der Waals surface area contributed by atoms with Crippen LogP contribution in [0.5, 0.6) is 0 Å². The van der Waals surface area contributed by atoms with E-state index in [4.69, 9.17) is 23.1 Å². The third-order valence-electron chi connectivity index (χ3n) is 5.69. The Bertz CT molecular complexity index is 939. The van der Waals surface area contributed by atoms with Crippen LogP contribution < -0.4 is 16.8 Å². The SMILES string of the molecule is Nc1nc(N)c(C(=O)NC2=NCC3(CCN(Cc4ccccc4)CC3)C2)nc1Cl. The van der Waals surface area contributed by atoms with E-state index in [2.05, 4.69) is 49.4 Å². The lowest BCUT2D eigenvalue weighted by Crippen LogP contribution is -2.41. The van der Waals surface area contributed by atoms with E-state index in [0.29, 0.717) is 5.84 Å². The minimum Gasteiger partial charge on any atom is -0.382 e. The Hall–Kier alpha value is -2.71. The fraction of sp³-hybridized carbons (Fsp3) is 0.400. The molecule has 8 nitrogen and oxygen atoms in total. The number of rotatable bonds is 3. The first kappa shape index (κ1) is 19.6. The predicted octanol–water partition coefficient (Wildman–Crippen LogP) is 2.11. The van der Waals surface area contributed by atoms with Crippen LogP contribution >= 0.6 is 11.6 Å². The largest absolute Gasteiger partial charge is 0.382 e. The molecule has 3 heterocycles. The van der Waals surface area contributed by atoms with Crippen molar-refractivity contribution in [2.24, 2.45) is 10.4 Å². The predicted molar refractivity (Wildman–Crippen MR) is 114 cm³/mol. The first-order valence-electron chi connectivity index (χ1n) is 9.64. The molecule has 1 aromatic carbocycles. The van der Waals surface area contributed by atoms with E-state index in [1.165, 1.54) is 5.56 Å². The molecule has 1 aromatic heterocycles. The maximum Gasteiger partial charge on any atom is 0.279 e. The van der Waals surface area contributed by atoms with Crippen molar-refractivity contribution < 1.29 is 4.79 Å². The standard InChI is InChI=1S/C20H24ClN7O/c21-16-18(23)27-17(22)15(26-16)19(29)25-14-10-20(12-24-14)6-8-28(9-7-20)11-13-4-2-1-3-5-13/h1-5H,6-12H2,(H4,22,23,27)(H,24,25,29). The van der Waals surface area contributed by atoms with Gasteiger partial charge in [-0.2, -0.15) is 0 Å². The summed E-state index contributed by atoms with van der Waals surface area (Å²) in [5.74, 6) is 0.155. The maximum atomic E-state index is 12.5. The number of carbonyl (C=O) groups excluding carboxylic acids is 1. The van der Waals surface area contributed by atoms with Crippen molar-refractivity contribution in [3.8, 4) is 0 Å². The zero-order valence-electron chi connectivity index (χ0n) is 16.1. The summed E-state index contributed by atoms with van der Waals surface area (Å²) in [6, 6.07) is 10.5. The topological polar surface area (TPSA) is 123 Å². The molecule has 0 atom stereocenters. The molecule has 4 rings (SSSR count). The quantitative estimate of drug-likeness (QED) is 0.708. The summed E-state index contributed by atoms with van der Waals surface area (Å²) in [6.07, 6.45) is 2.85. The molecular formula is C20H24ClN7O. The van der Waals surface area contributed by atoms with E-state index in [0.717, 1.165) is 45.4 Å². The second-order valence-electron chi connectivity index (χ2n) is 7.79. The molecule has 1 amide bonds. The molecule has 0 radical (unpaired) electrons. The molecule has 0 aliphatic carbocycles. The van der Waals surface area contributed by atoms with Crippen molar-refractivity contribution in [3.63, 3.8) is 0 Å². The highest BCUT2D eigenvalue weighted by atomic mass is 35.5. The minimum atomic E-state index is -0.464. The van der Waals surface area contributed by atoms with Crippen LogP contribution in [0.25, 0.3) is 0 Å². The van der Waals surface area contributed by atoms with Gasteiger partial charge in [-0.15, -0.1) is 0 Å². The number of benzene rings is 1. The number of anilines is 2. The molecule has 0 saturated carbocycles. The lowest BCUT2D eigenvalue weighted by molar-refractivity contribution is 0.0969. The van der Waals surface area contributed by atoms with Crippen molar-refractivity contribution in [2.75, 3.05) is 31.1 Å². The van der Waals surface area contributed by atoms with E-state index >= 15 is 0 Å². The molecule has 2 aliphatic rings. The lowest BCUT2D eigenvalue weighted by Gasteiger charge is -2.38. The van der Waals surface area contributed by atoms with E-state index in [9.17, 15) is 4.79 Å². The monoisotopic (exact) mass is 413 g/mol. The zero-order chi connectivity index (χ0) is 20.4. The smallest absolute Gasteiger partial charge is 0.279 e. The van der Waals surface area contributed by atoms with Crippen LogP contribution in [0.15, 0.2) is 35.3 Å². The van der Waals surface area contributed by atoms with E-state index in [-0.39, 0.29) is 27.9 Å². The Kier molecular flexibility index (Phi) is 5.38. The van der Waals surface area contributed by atoms with Crippen LogP contribution in [0.4, 0.5) is 11.6 Å². The fourth-order valence-electron chi connectivity index (χ4n) is 3.97. The van der Waals surface area contributed by atoms with Gasteiger partial charge in [-0.3, -0.25) is 14.7 Å². The number of nitrogen functional groups attached to an aromatic ring is 2. The summed E-state index contributed by atoms with van der Waals surface area (Å²) in [5, 5.41) is 2.78. The molecule has 0 unspecified atom stereocenters. The van der Waals surface area contributed by atoms with Gasteiger partial charge in [0.2, 0.25) is 0 Å². The molecule has 9 heteroatoms. The molecule has 5 N–H and O–H groups in total. The Morgan fingerprint density at radius 3 is 2.59 bits per heavy atom. The van der Waals surface area contributed by atoms with Gasteiger partial charge >= 0.3 is 0 Å². The molecule has 29 heavy (non-hydrogen) atoms. The van der Waals surface area contributed by atoms with E-state index in [1.54, 1.807) is 0 Å². The Balaban J connectivity index is 1.32.